The maximum Gasteiger partial charge on any atom is 0.338 e. The number of carbonyl (C=O) groups is 1. The number of nitro benzene ring substituents is 1. The molecule has 2 rings (SSSR count). The Hall–Kier alpha value is -2.12. The van der Waals surface area contributed by atoms with Gasteiger partial charge < -0.3 is 5.11 Å². The molecule has 21 heavy (non-hydrogen) atoms. The average Bonchev–Trinajstić information content (AvgIpc) is 2.37. The molecule has 0 amide bonds. The van der Waals surface area contributed by atoms with Gasteiger partial charge in [-0.3, -0.25) is 10.1 Å². The summed E-state index contributed by atoms with van der Waals surface area (Å²) in [5, 5.41) is 20.3. The summed E-state index contributed by atoms with van der Waals surface area (Å²) in [4.78, 5) is 21.7. The van der Waals surface area contributed by atoms with E-state index in [9.17, 15) is 19.3 Å². The summed E-state index contributed by atoms with van der Waals surface area (Å²) >= 11 is 6.74. The van der Waals surface area contributed by atoms with Crippen molar-refractivity contribution in [2.45, 2.75) is 9.79 Å². The second-order valence-corrected chi connectivity index (χ2v) is 5.47. The third kappa shape index (κ3) is 3.50. The second-order valence-electron chi connectivity index (χ2n) is 3.92. The molecule has 0 radical (unpaired) electrons. The first-order valence-electron chi connectivity index (χ1n) is 5.53. The normalized spacial score (nSPS) is 10.4. The number of hydrogen-bond donors (Lipinski definition) is 1. The zero-order valence-electron chi connectivity index (χ0n) is 10.2. The highest BCUT2D eigenvalue weighted by Gasteiger charge is 2.22. The van der Waals surface area contributed by atoms with Crippen LogP contribution in [0.5, 0.6) is 0 Å². The molecule has 0 fully saturated rings. The van der Waals surface area contributed by atoms with E-state index in [1.165, 1.54) is 0 Å². The maximum atomic E-state index is 13.7. The van der Waals surface area contributed by atoms with Gasteiger partial charge in [0, 0.05) is 16.0 Å². The molecule has 0 aromatic heterocycles. The molecule has 0 saturated heterocycles. The van der Waals surface area contributed by atoms with Crippen LogP contribution in [0.15, 0.2) is 46.2 Å². The number of nitrogens with zero attached hydrogens (tertiary/aromatic N) is 1. The number of rotatable bonds is 4. The molecule has 0 bridgehead atoms. The van der Waals surface area contributed by atoms with Gasteiger partial charge in [0.15, 0.2) is 0 Å². The first-order valence-corrected chi connectivity index (χ1v) is 6.72. The first-order chi connectivity index (χ1) is 9.88. The number of carboxylic acid groups (broad SMARTS) is 1. The predicted octanol–water partition coefficient (Wildman–Crippen LogP) is 4.24. The largest absolute Gasteiger partial charge is 0.478 e. The van der Waals surface area contributed by atoms with E-state index in [2.05, 4.69) is 0 Å². The fraction of sp³-hybridized carbons (Fsp3) is 0. The number of benzene rings is 2. The third-order valence-corrected chi connectivity index (χ3v) is 3.77. The molecular formula is C13H7ClFNO4S. The lowest BCUT2D eigenvalue weighted by atomic mass is 10.2. The molecule has 2 aromatic rings. The second kappa shape index (κ2) is 6.11. The Labute approximate surface area is 127 Å². The van der Waals surface area contributed by atoms with Crippen LogP contribution in [0, 0.1) is 15.9 Å². The maximum absolute atomic E-state index is 13.7. The van der Waals surface area contributed by atoms with Crippen molar-refractivity contribution in [2.75, 3.05) is 0 Å². The molecule has 2 aromatic carbocycles. The Kier molecular flexibility index (Phi) is 4.44. The van der Waals surface area contributed by atoms with Crippen LogP contribution < -0.4 is 0 Å². The lowest BCUT2D eigenvalue weighted by molar-refractivity contribution is -0.387. The van der Waals surface area contributed by atoms with Crippen molar-refractivity contribution in [1.82, 2.24) is 0 Å². The number of aromatic carboxylic acids is 1. The molecule has 0 aliphatic rings. The van der Waals surface area contributed by atoms with Crippen molar-refractivity contribution in [1.29, 1.82) is 0 Å². The molecule has 5 nitrogen and oxygen atoms in total. The highest BCUT2D eigenvalue weighted by atomic mass is 35.5. The van der Waals surface area contributed by atoms with Crippen LogP contribution in [-0.2, 0) is 0 Å². The molecule has 0 heterocycles. The van der Waals surface area contributed by atoms with Crippen molar-refractivity contribution in [3.05, 3.63) is 62.9 Å². The van der Waals surface area contributed by atoms with E-state index in [1.807, 2.05) is 0 Å². The van der Waals surface area contributed by atoms with E-state index in [0.717, 1.165) is 17.8 Å². The SMILES string of the molecule is O=C(O)c1cc([N+](=O)[O-])c(Sc2cccc(Cl)c2)cc1F. The van der Waals surface area contributed by atoms with Gasteiger partial charge in [-0.2, -0.15) is 0 Å². The number of carboxylic acids is 1. The number of nitro groups is 1. The minimum absolute atomic E-state index is 0.00441. The van der Waals surface area contributed by atoms with Gasteiger partial charge in [0.2, 0.25) is 0 Å². The molecule has 0 aliphatic carbocycles. The third-order valence-electron chi connectivity index (χ3n) is 2.50. The summed E-state index contributed by atoms with van der Waals surface area (Å²) in [6.07, 6.45) is 0. The van der Waals surface area contributed by atoms with Gasteiger partial charge in [0.25, 0.3) is 5.69 Å². The monoisotopic (exact) mass is 327 g/mol. The molecule has 0 spiro atoms. The Bertz CT molecular complexity index is 738. The molecule has 108 valence electrons. The van der Waals surface area contributed by atoms with E-state index in [1.54, 1.807) is 24.3 Å². The van der Waals surface area contributed by atoms with Crippen molar-refractivity contribution < 1.29 is 19.2 Å². The van der Waals surface area contributed by atoms with Gasteiger partial charge in [0.1, 0.15) is 11.4 Å². The summed E-state index contributed by atoms with van der Waals surface area (Å²) in [5.74, 6) is -2.59. The lowest BCUT2D eigenvalue weighted by Gasteiger charge is -2.05. The minimum Gasteiger partial charge on any atom is -0.478 e. The van der Waals surface area contributed by atoms with Gasteiger partial charge in [-0.15, -0.1) is 0 Å². The van der Waals surface area contributed by atoms with E-state index in [4.69, 9.17) is 16.7 Å². The summed E-state index contributed by atoms with van der Waals surface area (Å²) in [7, 11) is 0. The van der Waals surface area contributed by atoms with E-state index >= 15 is 0 Å². The standard InChI is InChI=1S/C13H7ClFNO4S/c14-7-2-1-3-8(4-7)21-12-6-10(15)9(13(17)18)5-11(12)16(19)20/h1-6H,(H,17,18). The first kappa shape index (κ1) is 15.3. The average molecular weight is 328 g/mol. The Balaban J connectivity index is 2.50. The summed E-state index contributed by atoms with van der Waals surface area (Å²) in [6.45, 7) is 0. The van der Waals surface area contributed by atoms with Crippen molar-refractivity contribution in [2.24, 2.45) is 0 Å². The fourth-order valence-corrected chi connectivity index (χ4v) is 2.83. The topological polar surface area (TPSA) is 80.4 Å². The smallest absolute Gasteiger partial charge is 0.338 e. The lowest BCUT2D eigenvalue weighted by Crippen LogP contribution is -2.03. The molecular weight excluding hydrogens is 321 g/mol. The van der Waals surface area contributed by atoms with Crippen LogP contribution in [0.25, 0.3) is 0 Å². The van der Waals surface area contributed by atoms with Crippen LogP contribution in [0.2, 0.25) is 5.02 Å². The van der Waals surface area contributed by atoms with Crippen molar-refractivity contribution in [3.8, 4) is 0 Å². The van der Waals surface area contributed by atoms with Crippen LogP contribution in [0.3, 0.4) is 0 Å². The van der Waals surface area contributed by atoms with Crippen LogP contribution in [0.1, 0.15) is 10.4 Å². The Morgan fingerprint density at radius 3 is 2.62 bits per heavy atom. The van der Waals surface area contributed by atoms with E-state index < -0.39 is 28.0 Å². The van der Waals surface area contributed by atoms with Gasteiger partial charge in [0.05, 0.1) is 9.82 Å². The zero-order valence-corrected chi connectivity index (χ0v) is 11.8. The summed E-state index contributed by atoms with van der Waals surface area (Å²) < 4.78 is 13.7. The van der Waals surface area contributed by atoms with Crippen molar-refractivity contribution >= 4 is 35.0 Å². The molecule has 0 saturated carbocycles. The van der Waals surface area contributed by atoms with Gasteiger partial charge in [-0.25, -0.2) is 9.18 Å². The molecule has 0 atom stereocenters. The Morgan fingerprint density at radius 2 is 2.05 bits per heavy atom. The van der Waals surface area contributed by atoms with Gasteiger partial charge in [-0.05, 0) is 24.3 Å². The van der Waals surface area contributed by atoms with Gasteiger partial charge in [-0.1, -0.05) is 29.4 Å². The Morgan fingerprint density at radius 1 is 1.33 bits per heavy atom. The van der Waals surface area contributed by atoms with Crippen LogP contribution >= 0.6 is 23.4 Å². The molecule has 0 aliphatic heterocycles. The minimum atomic E-state index is -1.56. The molecule has 1 N–H and O–H groups in total. The highest BCUT2D eigenvalue weighted by Crippen LogP contribution is 2.37. The quantitative estimate of drug-likeness (QED) is 0.671. The van der Waals surface area contributed by atoms with E-state index in [0.29, 0.717) is 16.0 Å². The number of hydrogen-bond acceptors (Lipinski definition) is 4. The zero-order chi connectivity index (χ0) is 15.6. The highest BCUT2D eigenvalue weighted by molar-refractivity contribution is 7.99. The fourth-order valence-electron chi connectivity index (χ4n) is 1.59. The molecule has 8 heteroatoms. The molecule has 0 unspecified atom stereocenters. The van der Waals surface area contributed by atoms with Gasteiger partial charge >= 0.3 is 5.97 Å². The number of halogens is 2. The van der Waals surface area contributed by atoms with Crippen LogP contribution in [0.4, 0.5) is 10.1 Å². The summed E-state index contributed by atoms with van der Waals surface area (Å²) in [5.41, 5.74) is -1.21. The predicted molar refractivity (Wildman–Crippen MR) is 75.6 cm³/mol. The van der Waals surface area contributed by atoms with Crippen LogP contribution in [-0.4, -0.2) is 16.0 Å². The van der Waals surface area contributed by atoms with Crippen molar-refractivity contribution in [3.63, 3.8) is 0 Å². The summed E-state index contributed by atoms with van der Waals surface area (Å²) in [6, 6.07) is 8.06. The van der Waals surface area contributed by atoms with E-state index in [-0.39, 0.29) is 4.90 Å².